The van der Waals surface area contributed by atoms with Crippen molar-refractivity contribution in [3.05, 3.63) is 39.7 Å². The van der Waals surface area contributed by atoms with E-state index in [-0.39, 0.29) is 29.5 Å². The molecule has 0 saturated heterocycles. The Bertz CT molecular complexity index is 1460. The summed E-state index contributed by atoms with van der Waals surface area (Å²) in [6.07, 6.45) is 0.101. The maximum absolute atomic E-state index is 13.9. The highest BCUT2D eigenvalue weighted by atomic mass is 16.5. The van der Waals surface area contributed by atoms with Crippen LogP contribution in [0.1, 0.15) is 23.1 Å². The number of amides is 1. The number of primary amides is 1. The Balaban J connectivity index is 2.00. The molecule has 0 bridgehead atoms. The van der Waals surface area contributed by atoms with Crippen molar-refractivity contribution >= 4 is 34.9 Å². The zero-order valence-electron chi connectivity index (χ0n) is 22.0. The van der Waals surface area contributed by atoms with E-state index in [2.05, 4.69) is 16.6 Å². The number of Topliss-reactive ketones (excluding diaryl/α,β-unsaturated/α-hetero) is 2. The number of aliphatic hydroxyl groups excluding tert-OH is 2. The third kappa shape index (κ3) is 3.93. The van der Waals surface area contributed by atoms with Crippen molar-refractivity contribution in [2.24, 2.45) is 17.6 Å². The number of nitrogens with zero attached hydrogens (tertiary/aromatic N) is 2. The van der Waals surface area contributed by atoms with E-state index >= 15 is 0 Å². The number of fused-ring (bicyclic) bond motifs is 3. The number of phenols is 1. The molecule has 206 valence electrons. The standard InChI is InChI=1S/C27H29N3O9/c1-29(2)15-10-11(6-7-16(31)39-5)21(32)18-13(15)8-12-9-14-20(30(3)4)23(34)19(26(28)37)25(36)27(14,38)24(35)17(12)22(18)33/h10,12,14,20,32-33,36,38H,8-9H2,1-5H3,(H2,28,37)/t12-,14-,20-,27-/m1/s1. The van der Waals surface area contributed by atoms with Crippen LogP contribution < -0.4 is 10.6 Å². The zero-order valence-corrected chi connectivity index (χ0v) is 22.0. The number of carbonyl (C=O) groups is 4. The minimum absolute atomic E-state index is 0.0245. The average Bonchev–Trinajstić information content (AvgIpc) is 2.84. The molecule has 0 aliphatic heterocycles. The number of anilines is 1. The van der Waals surface area contributed by atoms with Crippen molar-refractivity contribution in [2.45, 2.75) is 24.5 Å². The summed E-state index contributed by atoms with van der Waals surface area (Å²) in [7, 11) is 7.66. The van der Waals surface area contributed by atoms with Crippen molar-refractivity contribution in [2.75, 3.05) is 40.2 Å². The number of likely N-dealkylation sites (N-methyl/N-ethyl adjacent to an activating group) is 1. The molecule has 0 radical (unpaired) electrons. The number of aromatic hydroxyl groups is 1. The van der Waals surface area contributed by atoms with Gasteiger partial charge < -0.3 is 35.8 Å². The molecule has 0 heterocycles. The highest BCUT2D eigenvalue weighted by molar-refractivity contribution is 6.24. The summed E-state index contributed by atoms with van der Waals surface area (Å²) < 4.78 is 4.51. The topological polar surface area (TPSA) is 191 Å². The Hall–Kier alpha value is -4.34. The normalized spacial score (nSPS) is 25.9. The number of esters is 1. The molecule has 12 heteroatoms. The highest BCUT2D eigenvalue weighted by Gasteiger charge is 2.64. The van der Waals surface area contributed by atoms with E-state index in [0.29, 0.717) is 11.3 Å². The summed E-state index contributed by atoms with van der Waals surface area (Å²) in [5.41, 5.74) is 2.33. The largest absolute Gasteiger partial charge is 0.508 e. The van der Waals surface area contributed by atoms with E-state index in [9.17, 15) is 39.6 Å². The van der Waals surface area contributed by atoms with Gasteiger partial charge in [-0.05, 0) is 44.5 Å². The molecule has 4 rings (SSSR count). The van der Waals surface area contributed by atoms with E-state index in [1.54, 1.807) is 19.0 Å². The summed E-state index contributed by atoms with van der Waals surface area (Å²) in [4.78, 5) is 53.9. The number of benzene rings is 1. The van der Waals surface area contributed by atoms with E-state index < -0.39 is 69.8 Å². The second kappa shape index (κ2) is 9.44. The first-order chi connectivity index (χ1) is 18.2. The van der Waals surface area contributed by atoms with Gasteiger partial charge in [0.15, 0.2) is 11.4 Å². The second-order valence-electron chi connectivity index (χ2n) is 10.2. The Morgan fingerprint density at radius 3 is 2.33 bits per heavy atom. The van der Waals surface area contributed by atoms with Crippen LogP contribution in [-0.2, 0) is 30.3 Å². The molecule has 3 aliphatic rings. The van der Waals surface area contributed by atoms with E-state index in [1.165, 1.54) is 25.1 Å². The Labute approximate surface area is 223 Å². The van der Waals surface area contributed by atoms with Gasteiger partial charge in [-0.25, -0.2) is 4.79 Å². The first-order valence-corrected chi connectivity index (χ1v) is 12.0. The van der Waals surface area contributed by atoms with Gasteiger partial charge in [0.25, 0.3) is 5.91 Å². The minimum atomic E-state index is -2.73. The van der Waals surface area contributed by atoms with Gasteiger partial charge in [-0.2, -0.15) is 0 Å². The summed E-state index contributed by atoms with van der Waals surface area (Å²) in [5.74, 6) is -3.56. The summed E-state index contributed by atoms with van der Waals surface area (Å²) >= 11 is 0. The fraction of sp³-hybridized carbons (Fsp3) is 0.407. The monoisotopic (exact) mass is 539 g/mol. The molecular formula is C27H29N3O9. The summed E-state index contributed by atoms with van der Waals surface area (Å²) in [6.45, 7) is 0. The maximum atomic E-state index is 13.9. The first-order valence-electron chi connectivity index (χ1n) is 12.0. The smallest absolute Gasteiger partial charge is 0.384 e. The molecule has 4 atom stereocenters. The lowest BCUT2D eigenvalue weighted by Crippen LogP contribution is -2.65. The number of ether oxygens (including phenoxy) is 1. The van der Waals surface area contributed by atoms with Gasteiger partial charge in [-0.3, -0.25) is 19.3 Å². The third-order valence-electron chi connectivity index (χ3n) is 7.66. The zero-order chi connectivity index (χ0) is 29.1. The van der Waals surface area contributed by atoms with Crippen LogP contribution in [0.2, 0.25) is 0 Å². The van der Waals surface area contributed by atoms with E-state index in [4.69, 9.17) is 5.73 Å². The Morgan fingerprint density at radius 2 is 1.79 bits per heavy atom. The molecule has 1 fully saturated rings. The van der Waals surface area contributed by atoms with Gasteiger partial charge in [0.2, 0.25) is 5.78 Å². The molecule has 12 nitrogen and oxygen atoms in total. The Morgan fingerprint density at radius 1 is 1.15 bits per heavy atom. The van der Waals surface area contributed by atoms with E-state index in [0.717, 1.165) is 7.11 Å². The predicted molar refractivity (Wildman–Crippen MR) is 137 cm³/mol. The molecule has 0 unspecified atom stereocenters. The van der Waals surface area contributed by atoms with Crippen LogP contribution in [0.15, 0.2) is 23.0 Å². The van der Waals surface area contributed by atoms with E-state index in [1.807, 2.05) is 0 Å². The molecule has 1 amide bonds. The van der Waals surface area contributed by atoms with Crippen molar-refractivity contribution in [3.8, 4) is 17.6 Å². The number of carbonyl (C=O) groups excluding carboxylic acids is 4. The van der Waals surface area contributed by atoms with Crippen molar-refractivity contribution in [3.63, 3.8) is 0 Å². The molecule has 1 saturated carbocycles. The summed E-state index contributed by atoms with van der Waals surface area (Å²) in [6, 6.07) is 0.365. The summed E-state index contributed by atoms with van der Waals surface area (Å²) in [5, 5.41) is 45.1. The van der Waals surface area contributed by atoms with Crippen molar-refractivity contribution in [1.82, 2.24) is 4.90 Å². The van der Waals surface area contributed by atoms with Crippen LogP contribution >= 0.6 is 0 Å². The Kier molecular flexibility index (Phi) is 6.70. The second-order valence-corrected chi connectivity index (χ2v) is 10.2. The van der Waals surface area contributed by atoms with Crippen LogP contribution in [0.25, 0.3) is 5.76 Å². The van der Waals surface area contributed by atoms with Crippen LogP contribution in [0.4, 0.5) is 5.69 Å². The van der Waals surface area contributed by atoms with Gasteiger partial charge in [-0.1, -0.05) is 5.92 Å². The van der Waals surface area contributed by atoms with Crippen LogP contribution in [0.3, 0.4) is 0 Å². The quantitative estimate of drug-likeness (QED) is 0.190. The number of rotatable bonds is 3. The number of hydrogen-bond acceptors (Lipinski definition) is 11. The van der Waals surface area contributed by atoms with Gasteiger partial charge in [0, 0.05) is 37.2 Å². The number of phenolic OH excluding ortho intramolecular Hbond substituents is 1. The molecule has 0 aromatic heterocycles. The van der Waals surface area contributed by atoms with Crippen LogP contribution in [0.5, 0.6) is 5.75 Å². The molecule has 1 aromatic carbocycles. The van der Waals surface area contributed by atoms with Crippen molar-refractivity contribution < 1.29 is 44.3 Å². The molecular weight excluding hydrogens is 510 g/mol. The molecule has 6 N–H and O–H groups in total. The molecule has 0 spiro atoms. The predicted octanol–water partition coefficient (Wildman–Crippen LogP) is -0.445. The SMILES string of the molecule is COC(=O)C#Cc1cc(N(C)C)c2c(c1O)C(O)=C1C(=O)[C@@]3(O)C(O)=C(C(N)=O)C(=O)[C@H](N(C)C)[C@H]3C[C@H]1C2. The van der Waals surface area contributed by atoms with Gasteiger partial charge in [0.1, 0.15) is 22.8 Å². The number of aliphatic hydroxyl groups is 3. The lowest BCUT2D eigenvalue weighted by Gasteiger charge is -2.50. The number of hydrogen-bond donors (Lipinski definition) is 5. The number of nitrogens with two attached hydrogens (primary N) is 1. The molecule has 39 heavy (non-hydrogen) atoms. The fourth-order valence-electron chi connectivity index (χ4n) is 5.96. The fourth-order valence-corrected chi connectivity index (χ4v) is 5.96. The van der Waals surface area contributed by atoms with Crippen molar-refractivity contribution in [1.29, 1.82) is 0 Å². The third-order valence-corrected chi connectivity index (χ3v) is 7.66. The lowest BCUT2D eigenvalue weighted by atomic mass is 9.57. The van der Waals surface area contributed by atoms with Crippen LogP contribution in [-0.4, -0.2) is 95.7 Å². The van der Waals surface area contributed by atoms with Gasteiger partial charge in [-0.15, -0.1) is 0 Å². The number of ketones is 2. The lowest BCUT2D eigenvalue weighted by molar-refractivity contribution is -0.153. The average molecular weight is 540 g/mol. The maximum Gasteiger partial charge on any atom is 0.384 e. The van der Waals surface area contributed by atoms with Gasteiger partial charge >= 0.3 is 5.97 Å². The number of methoxy groups -OCH3 is 1. The first kappa shape index (κ1) is 27.7. The molecule has 1 aromatic rings. The molecule has 3 aliphatic carbocycles. The van der Waals surface area contributed by atoms with Crippen LogP contribution in [0, 0.1) is 23.7 Å². The minimum Gasteiger partial charge on any atom is -0.508 e. The highest BCUT2D eigenvalue weighted by Crippen LogP contribution is 2.54. The van der Waals surface area contributed by atoms with Gasteiger partial charge in [0.05, 0.1) is 24.3 Å².